The fourth-order valence-electron chi connectivity index (χ4n) is 1.56. The van der Waals surface area contributed by atoms with Gasteiger partial charge in [-0.2, -0.15) is 0 Å². The quantitative estimate of drug-likeness (QED) is 0.778. The van der Waals surface area contributed by atoms with Crippen molar-refractivity contribution in [1.82, 2.24) is 0 Å². The summed E-state index contributed by atoms with van der Waals surface area (Å²) in [4.78, 5) is 0. The van der Waals surface area contributed by atoms with Crippen molar-refractivity contribution in [2.45, 2.75) is 26.7 Å². The summed E-state index contributed by atoms with van der Waals surface area (Å²) < 4.78 is 5.37. The summed E-state index contributed by atoms with van der Waals surface area (Å²) in [5, 5.41) is 9.10. The molecule has 15 heavy (non-hydrogen) atoms. The van der Waals surface area contributed by atoms with Gasteiger partial charge in [0.25, 0.3) is 0 Å². The first-order valence-electron chi connectivity index (χ1n) is 5.62. The van der Waals surface area contributed by atoms with Crippen LogP contribution in [0.5, 0.6) is 5.75 Å². The number of ether oxygens (including phenoxy) is 1. The standard InChI is InChI=1S/C13H20O2/c1-3-11(10-14)9-12-5-7-13(8-6-12)15-4-2/h5-8,11,14H,3-4,9-10H2,1-2H3. The molecule has 0 aromatic heterocycles. The predicted octanol–water partition coefficient (Wildman–Crippen LogP) is 2.65. The lowest BCUT2D eigenvalue weighted by atomic mass is 9.98. The Morgan fingerprint density at radius 2 is 1.87 bits per heavy atom. The fraction of sp³-hybridized carbons (Fsp3) is 0.538. The molecular formula is C13H20O2. The first kappa shape index (κ1) is 12.1. The van der Waals surface area contributed by atoms with Gasteiger partial charge in [0.1, 0.15) is 5.75 Å². The molecule has 0 saturated heterocycles. The lowest BCUT2D eigenvalue weighted by molar-refractivity contribution is 0.222. The van der Waals surface area contributed by atoms with Gasteiger partial charge in [0.05, 0.1) is 6.61 Å². The molecule has 1 rings (SSSR count). The molecular weight excluding hydrogens is 188 g/mol. The van der Waals surface area contributed by atoms with Crippen LogP contribution in [0.15, 0.2) is 24.3 Å². The van der Waals surface area contributed by atoms with E-state index in [1.54, 1.807) is 0 Å². The molecule has 0 heterocycles. The number of hydrogen-bond acceptors (Lipinski definition) is 2. The average Bonchev–Trinajstić information content (AvgIpc) is 2.28. The van der Waals surface area contributed by atoms with Crippen LogP contribution in [0.4, 0.5) is 0 Å². The van der Waals surface area contributed by atoms with E-state index in [2.05, 4.69) is 19.1 Å². The first-order valence-corrected chi connectivity index (χ1v) is 5.62. The smallest absolute Gasteiger partial charge is 0.119 e. The summed E-state index contributed by atoms with van der Waals surface area (Å²) in [7, 11) is 0. The Hall–Kier alpha value is -1.02. The Bertz CT molecular complexity index is 262. The second-order valence-corrected chi connectivity index (χ2v) is 3.74. The van der Waals surface area contributed by atoms with E-state index in [1.165, 1.54) is 5.56 Å². The van der Waals surface area contributed by atoms with Gasteiger partial charge in [-0.15, -0.1) is 0 Å². The highest BCUT2D eigenvalue weighted by Gasteiger charge is 2.05. The molecule has 0 aliphatic rings. The third-order valence-electron chi connectivity index (χ3n) is 2.59. The Labute approximate surface area is 91.9 Å². The molecule has 0 spiro atoms. The van der Waals surface area contributed by atoms with Crippen LogP contribution < -0.4 is 4.74 Å². The zero-order valence-corrected chi connectivity index (χ0v) is 9.57. The van der Waals surface area contributed by atoms with Crippen LogP contribution in [0, 0.1) is 5.92 Å². The predicted molar refractivity (Wildman–Crippen MR) is 62.2 cm³/mol. The molecule has 0 fully saturated rings. The molecule has 2 nitrogen and oxygen atoms in total. The minimum absolute atomic E-state index is 0.268. The minimum Gasteiger partial charge on any atom is -0.494 e. The maximum absolute atomic E-state index is 9.10. The molecule has 0 bridgehead atoms. The molecule has 0 amide bonds. The van der Waals surface area contributed by atoms with E-state index in [9.17, 15) is 0 Å². The average molecular weight is 208 g/mol. The maximum atomic E-state index is 9.10. The van der Waals surface area contributed by atoms with Gasteiger partial charge in [0, 0.05) is 6.61 Å². The monoisotopic (exact) mass is 208 g/mol. The SMILES string of the molecule is CCOc1ccc(CC(CC)CO)cc1. The van der Waals surface area contributed by atoms with Gasteiger partial charge in [-0.3, -0.25) is 0 Å². The van der Waals surface area contributed by atoms with E-state index in [-0.39, 0.29) is 6.61 Å². The number of rotatable bonds is 6. The molecule has 0 aliphatic carbocycles. The summed E-state index contributed by atoms with van der Waals surface area (Å²) in [6, 6.07) is 8.12. The van der Waals surface area contributed by atoms with E-state index < -0.39 is 0 Å². The van der Waals surface area contributed by atoms with Gasteiger partial charge >= 0.3 is 0 Å². The van der Waals surface area contributed by atoms with Crippen molar-refractivity contribution in [3.8, 4) is 5.75 Å². The molecule has 1 aromatic carbocycles. The molecule has 1 unspecified atom stereocenters. The van der Waals surface area contributed by atoms with Crippen LogP contribution in [0.25, 0.3) is 0 Å². The largest absolute Gasteiger partial charge is 0.494 e. The van der Waals surface area contributed by atoms with Gasteiger partial charge in [-0.25, -0.2) is 0 Å². The van der Waals surface area contributed by atoms with Crippen LogP contribution in [-0.2, 0) is 6.42 Å². The highest BCUT2D eigenvalue weighted by atomic mass is 16.5. The lowest BCUT2D eigenvalue weighted by Crippen LogP contribution is -2.07. The Morgan fingerprint density at radius 3 is 2.33 bits per heavy atom. The highest BCUT2D eigenvalue weighted by molar-refractivity contribution is 5.27. The number of hydrogen-bond donors (Lipinski definition) is 1. The van der Waals surface area contributed by atoms with E-state index in [0.717, 1.165) is 18.6 Å². The van der Waals surface area contributed by atoms with Crippen LogP contribution in [0.2, 0.25) is 0 Å². The van der Waals surface area contributed by atoms with E-state index in [1.807, 2.05) is 19.1 Å². The van der Waals surface area contributed by atoms with Crippen molar-refractivity contribution >= 4 is 0 Å². The normalized spacial score (nSPS) is 12.5. The molecule has 84 valence electrons. The molecule has 0 aliphatic heterocycles. The third kappa shape index (κ3) is 3.92. The van der Waals surface area contributed by atoms with Crippen molar-refractivity contribution in [1.29, 1.82) is 0 Å². The third-order valence-corrected chi connectivity index (χ3v) is 2.59. The zero-order valence-electron chi connectivity index (χ0n) is 9.57. The molecule has 1 aromatic rings. The number of aliphatic hydroxyl groups is 1. The summed E-state index contributed by atoms with van der Waals surface area (Å²) in [5.41, 5.74) is 1.26. The van der Waals surface area contributed by atoms with Crippen molar-refractivity contribution in [3.05, 3.63) is 29.8 Å². The van der Waals surface area contributed by atoms with Crippen LogP contribution in [-0.4, -0.2) is 18.3 Å². The van der Waals surface area contributed by atoms with Crippen LogP contribution >= 0.6 is 0 Å². The van der Waals surface area contributed by atoms with Crippen molar-refractivity contribution < 1.29 is 9.84 Å². The van der Waals surface area contributed by atoms with Gasteiger partial charge < -0.3 is 9.84 Å². The van der Waals surface area contributed by atoms with E-state index in [0.29, 0.717) is 12.5 Å². The second kappa shape index (κ2) is 6.46. The van der Waals surface area contributed by atoms with Gasteiger partial charge in [-0.05, 0) is 37.0 Å². The Morgan fingerprint density at radius 1 is 1.20 bits per heavy atom. The maximum Gasteiger partial charge on any atom is 0.119 e. The van der Waals surface area contributed by atoms with E-state index in [4.69, 9.17) is 9.84 Å². The molecule has 0 radical (unpaired) electrons. The first-order chi connectivity index (χ1) is 7.30. The second-order valence-electron chi connectivity index (χ2n) is 3.74. The zero-order chi connectivity index (χ0) is 11.1. The van der Waals surface area contributed by atoms with E-state index >= 15 is 0 Å². The lowest BCUT2D eigenvalue weighted by Gasteiger charge is -2.11. The number of aliphatic hydroxyl groups excluding tert-OH is 1. The fourth-order valence-corrected chi connectivity index (χ4v) is 1.56. The van der Waals surface area contributed by atoms with Crippen molar-refractivity contribution in [2.24, 2.45) is 5.92 Å². The highest BCUT2D eigenvalue weighted by Crippen LogP contribution is 2.16. The molecule has 0 saturated carbocycles. The Balaban J connectivity index is 2.55. The topological polar surface area (TPSA) is 29.5 Å². The van der Waals surface area contributed by atoms with Gasteiger partial charge in [0.15, 0.2) is 0 Å². The number of benzene rings is 1. The van der Waals surface area contributed by atoms with Crippen molar-refractivity contribution in [3.63, 3.8) is 0 Å². The van der Waals surface area contributed by atoms with Crippen LogP contribution in [0.3, 0.4) is 0 Å². The minimum atomic E-state index is 0.268. The molecule has 1 N–H and O–H groups in total. The summed E-state index contributed by atoms with van der Waals surface area (Å²) in [6.45, 7) is 5.06. The summed E-state index contributed by atoms with van der Waals surface area (Å²) >= 11 is 0. The summed E-state index contributed by atoms with van der Waals surface area (Å²) in [5.74, 6) is 1.29. The van der Waals surface area contributed by atoms with Gasteiger partial charge in [-0.1, -0.05) is 25.5 Å². The Kier molecular flexibility index (Phi) is 5.19. The van der Waals surface area contributed by atoms with Gasteiger partial charge in [0.2, 0.25) is 0 Å². The van der Waals surface area contributed by atoms with Crippen LogP contribution in [0.1, 0.15) is 25.8 Å². The molecule has 2 heteroatoms. The van der Waals surface area contributed by atoms with Crippen molar-refractivity contribution in [2.75, 3.05) is 13.2 Å². The summed E-state index contributed by atoms with van der Waals surface area (Å²) in [6.07, 6.45) is 1.96. The molecule has 1 atom stereocenters.